The predicted molar refractivity (Wildman–Crippen MR) is 152 cm³/mol. The number of ether oxygens (including phenoxy) is 1. The Bertz CT molecular complexity index is 1800. The normalized spacial score (nSPS) is 13.6. The molecule has 0 bridgehead atoms. The number of urea groups is 1. The Morgan fingerprint density at radius 2 is 1.34 bits per heavy atom. The quantitative estimate of drug-likeness (QED) is 0.132. The number of fused-ring (bicyclic) bond motifs is 1. The highest BCUT2D eigenvalue weighted by molar-refractivity contribution is 6.46. The third-order valence-electron chi connectivity index (χ3n) is 6.39. The molecule has 1 saturated heterocycles. The fourth-order valence-electron chi connectivity index (χ4n) is 4.50. The van der Waals surface area contributed by atoms with Crippen molar-refractivity contribution in [1.29, 1.82) is 0 Å². The van der Waals surface area contributed by atoms with Gasteiger partial charge in [0.15, 0.2) is 0 Å². The lowest BCUT2D eigenvalue weighted by atomic mass is 9.99. The number of benzene rings is 4. The molecule has 41 heavy (non-hydrogen) atoms. The van der Waals surface area contributed by atoms with Gasteiger partial charge in [-0.2, -0.15) is 9.37 Å². The Kier molecular flexibility index (Phi) is 6.70. The summed E-state index contributed by atoms with van der Waals surface area (Å²) < 4.78 is 20.3. The number of carbonyl (C=O) groups is 3. The second-order valence-corrected chi connectivity index (χ2v) is 9.22. The van der Waals surface area contributed by atoms with Crippen LogP contribution in [0.5, 0.6) is 11.6 Å². The van der Waals surface area contributed by atoms with E-state index in [-0.39, 0.29) is 28.0 Å². The van der Waals surface area contributed by atoms with E-state index in [1.54, 1.807) is 84.9 Å². The van der Waals surface area contributed by atoms with Gasteiger partial charge in [0.25, 0.3) is 17.7 Å². The van der Waals surface area contributed by atoms with Crippen molar-refractivity contribution in [1.82, 2.24) is 9.97 Å². The van der Waals surface area contributed by atoms with E-state index >= 15 is 0 Å². The summed E-state index contributed by atoms with van der Waals surface area (Å²) in [5, 5.41) is 1.14. The molecule has 0 aliphatic carbocycles. The van der Waals surface area contributed by atoms with Gasteiger partial charge in [-0.15, -0.1) is 0 Å². The third kappa shape index (κ3) is 4.79. The van der Waals surface area contributed by atoms with Gasteiger partial charge in [-0.25, -0.2) is 19.6 Å². The first-order valence-corrected chi connectivity index (χ1v) is 12.7. The van der Waals surface area contributed by atoms with Gasteiger partial charge in [0, 0.05) is 5.56 Å². The van der Waals surface area contributed by atoms with Crippen LogP contribution in [0.1, 0.15) is 5.56 Å². The van der Waals surface area contributed by atoms with Crippen LogP contribution in [0.25, 0.3) is 16.8 Å². The summed E-state index contributed by atoms with van der Waals surface area (Å²) >= 11 is 5.86. The maximum Gasteiger partial charge on any atom is 0.343 e. The van der Waals surface area contributed by atoms with E-state index in [0.29, 0.717) is 10.9 Å². The van der Waals surface area contributed by atoms with E-state index in [4.69, 9.17) is 16.3 Å². The average Bonchev–Trinajstić information content (AvgIpc) is 2.99. The van der Waals surface area contributed by atoms with Crippen LogP contribution >= 0.6 is 11.6 Å². The number of hydrogen-bond acceptors (Lipinski definition) is 6. The molecule has 4 amide bonds. The zero-order chi connectivity index (χ0) is 28.5. The topological polar surface area (TPSA) is 92.7 Å². The molecular formula is C31H18ClFN4O4. The van der Waals surface area contributed by atoms with Gasteiger partial charge in [-0.3, -0.25) is 9.59 Å². The number of anilines is 2. The molecule has 6 rings (SSSR count). The zero-order valence-corrected chi connectivity index (χ0v) is 21.8. The summed E-state index contributed by atoms with van der Waals surface area (Å²) in [5.74, 6) is -2.85. The van der Waals surface area contributed by atoms with Crippen molar-refractivity contribution in [3.05, 3.63) is 125 Å². The number of para-hydroxylation sites is 2. The molecule has 10 heteroatoms. The summed E-state index contributed by atoms with van der Waals surface area (Å²) in [5.41, 5.74) is 0.562. The van der Waals surface area contributed by atoms with Gasteiger partial charge in [0.1, 0.15) is 11.3 Å². The Labute approximate surface area is 237 Å². The summed E-state index contributed by atoms with van der Waals surface area (Å²) in [4.78, 5) is 50.7. The van der Waals surface area contributed by atoms with Gasteiger partial charge in [-0.05, 0) is 58.8 Å². The van der Waals surface area contributed by atoms with Crippen molar-refractivity contribution in [2.45, 2.75) is 0 Å². The lowest BCUT2D eigenvalue weighted by Crippen LogP contribution is -2.57. The first kappa shape index (κ1) is 25.8. The molecule has 0 saturated carbocycles. The molecule has 8 nitrogen and oxygen atoms in total. The molecule has 1 aliphatic rings. The van der Waals surface area contributed by atoms with Crippen molar-refractivity contribution in [3.63, 3.8) is 0 Å². The van der Waals surface area contributed by atoms with Crippen LogP contribution in [-0.2, 0) is 9.59 Å². The van der Waals surface area contributed by atoms with E-state index in [9.17, 15) is 18.8 Å². The monoisotopic (exact) mass is 564 g/mol. The second kappa shape index (κ2) is 10.6. The van der Waals surface area contributed by atoms with E-state index in [2.05, 4.69) is 9.97 Å². The number of amides is 4. The average molecular weight is 565 g/mol. The van der Waals surface area contributed by atoms with Gasteiger partial charge < -0.3 is 4.74 Å². The highest BCUT2D eigenvalue weighted by Gasteiger charge is 2.43. The summed E-state index contributed by atoms with van der Waals surface area (Å²) in [7, 11) is 0. The molecule has 0 radical (unpaired) electrons. The lowest BCUT2D eigenvalue weighted by molar-refractivity contribution is -0.121. The van der Waals surface area contributed by atoms with Crippen LogP contribution in [0.4, 0.5) is 20.6 Å². The number of nitrogens with zero attached hydrogens (tertiary/aromatic N) is 4. The van der Waals surface area contributed by atoms with Crippen LogP contribution < -0.4 is 14.5 Å². The van der Waals surface area contributed by atoms with Crippen LogP contribution in [0, 0.1) is 5.82 Å². The van der Waals surface area contributed by atoms with E-state index in [0.717, 1.165) is 21.4 Å². The van der Waals surface area contributed by atoms with Gasteiger partial charge in [0.2, 0.25) is 11.1 Å². The summed E-state index contributed by atoms with van der Waals surface area (Å²) in [6.07, 6.45) is 2.22. The van der Waals surface area contributed by atoms with Gasteiger partial charge in [0.05, 0.1) is 17.6 Å². The molecule has 1 fully saturated rings. The van der Waals surface area contributed by atoms with Gasteiger partial charge >= 0.3 is 6.03 Å². The zero-order valence-electron chi connectivity index (χ0n) is 21.1. The largest absolute Gasteiger partial charge is 0.436 e. The number of hydrogen-bond donors (Lipinski definition) is 0. The minimum atomic E-state index is -0.859. The molecule has 5 aromatic rings. The minimum absolute atomic E-state index is 0.0971. The molecule has 0 N–H and O–H groups in total. The SMILES string of the molecule is O=C1C(=Cc2c(Oc3nc(Cl)ncc3F)ccc3ccccc23)C(=O)N(c2ccccc2)C(=O)N1c1ccccc1. The third-order valence-corrected chi connectivity index (χ3v) is 6.57. The van der Waals surface area contributed by atoms with Crippen molar-refractivity contribution in [3.8, 4) is 11.6 Å². The van der Waals surface area contributed by atoms with Gasteiger partial charge in [-0.1, -0.05) is 66.7 Å². The molecule has 0 spiro atoms. The van der Waals surface area contributed by atoms with Crippen LogP contribution in [0.3, 0.4) is 0 Å². The number of rotatable bonds is 5. The number of aromatic nitrogens is 2. The highest BCUT2D eigenvalue weighted by Crippen LogP contribution is 2.36. The molecule has 200 valence electrons. The maximum absolute atomic E-state index is 14.5. The Morgan fingerprint density at radius 3 is 1.98 bits per heavy atom. The first-order valence-electron chi connectivity index (χ1n) is 12.3. The van der Waals surface area contributed by atoms with Crippen molar-refractivity contribution in [2.24, 2.45) is 0 Å². The Morgan fingerprint density at radius 1 is 0.756 bits per heavy atom. The second-order valence-electron chi connectivity index (χ2n) is 8.89. The van der Waals surface area contributed by atoms with E-state index in [1.807, 2.05) is 12.1 Å². The lowest BCUT2D eigenvalue weighted by Gasteiger charge is -2.34. The van der Waals surface area contributed by atoms with Crippen molar-refractivity contribution in [2.75, 3.05) is 9.80 Å². The minimum Gasteiger partial charge on any atom is -0.436 e. The fourth-order valence-corrected chi connectivity index (χ4v) is 4.63. The molecule has 2 heterocycles. The highest BCUT2D eigenvalue weighted by atomic mass is 35.5. The maximum atomic E-state index is 14.5. The van der Waals surface area contributed by atoms with Crippen LogP contribution in [0.2, 0.25) is 5.28 Å². The predicted octanol–water partition coefficient (Wildman–Crippen LogP) is 6.80. The smallest absolute Gasteiger partial charge is 0.343 e. The number of barbiturate groups is 1. The van der Waals surface area contributed by atoms with Crippen molar-refractivity contribution < 1.29 is 23.5 Å². The van der Waals surface area contributed by atoms with Crippen molar-refractivity contribution >= 4 is 57.7 Å². The molecule has 1 aliphatic heterocycles. The molecule has 0 unspecified atom stereocenters. The molecule has 0 atom stereocenters. The number of carbonyl (C=O) groups excluding carboxylic acids is 3. The van der Waals surface area contributed by atoms with Crippen LogP contribution in [0.15, 0.2) is 109 Å². The summed E-state index contributed by atoms with van der Waals surface area (Å²) in [6, 6.07) is 26.3. The molecular weight excluding hydrogens is 547 g/mol. The standard InChI is InChI=1S/C31H18ClFN4O4/c32-30-34-18-25(33)27(35-30)41-26-16-15-19-9-7-8-14-22(19)23(26)17-24-28(38)36(20-10-3-1-4-11-20)31(40)37(29(24)39)21-12-5-2-6-13-21/h1-18H. The van der Waals surface area contributed by atoms with E-state index < -0.39 is 29.5 Å². The Balaban J connectivity index is 1.56. The fraction of sp³-hybridized carbons (Fsp3) is 0. The first-order chi connectivity index (χ1) is 19.9. The molecule has 4 aromatic carbocycles. The Hall–Kier alpha value is -5.41. The number of halogens is 2. The summed E-state index contributed by atoms with van der Waals surface area (Å²) in [6.45, 7) is 0. The number of imide groups is 2. The van der Waals surface area contributed by atoms with E-state index in [1.165, 1.54) is 6.08 Å². The van der Waals surface area contributed by atoms with Crippen LogP contribution in [-0.4, -0.2) is 27.8 Å². The molecule has 1 aromatic heterocycles.